The van der Waals surface area contributed by atoms with Gasteiger partial charge in [0.15, 0.2) is 5.75 Å². The molecule has 26 heavy (non-hydrogen) atoms. The van der Waals surface area contributed by atoms with Gasteiger partial charge in [-0.05, 0) is 36.9 Å². The Morgan fingerprint density at radius 1 is 1.08 bits per heavy atom. The summed E-state index contributed by atoms with van der Waals surface area (Å²) in [5.74, 6) is 1.60. The Morgan fingerprint density at radius 2 is 1.88 bits per heavy atom. The van der Waals surface area contributed by atoms with Crippen molar-refractivity contribution in [1.82, 2.24) is 5.10 Å². The summed E-state index contributed by atoms with van der Waals surface area (Å²) in [5.41, 5.74) is 2.60. The van der Waals surface area contributed by atoms with E-state index in [-0.39, 0.29) is 6.10 Å². The van der Waals surface area contributed by atoms with E-state index in [0.29, 0.717) is 0 Å². The molecule has 1 unspecified atom stereocenters. The highest BCUT2D eigenvalue weighted by atomic mass is 16.5. The highest BCUT2D eigenvalue weighted by Gasteiger charge is 2.18. The van der Waals surface area contributed by atoms with Crippen molar-refractivity contribution in [2.45, 2.75) is 26.4 Å². The van der Waals surface area contributed by atoms with Gasteiger partial charge in [0.05, 0.1) is 18.6 Å². The van der Waals surface area contributed by atoms with Crippen LogP contribution in [-0.2, 0) is 0 Å². The maximum atomic E-state index is 6.15. The number of nitrogens with zero attached hydrogens (tertiary/aromatic N) is 3. The van der Waals surface area contributed by atoms with Gasteiger partial charge in [-0.2, -0.15) is 10.2 Å². The minimum absolute atomic E-state index is 0.124. The first kappa shape index (κ1) is 16.4. The molecular weight excluding hydrogens is 326 g/mol. The van der Waals surface area contributed by atoms with Crippen LogP contribution in [0.15, 0.2) is 59.7 Å². The molecule has 0 fully saturated rings. The molecular formula is C21H21N3O2. The zero-order valence-corrected chi connectivity index (χ0v) is 15.1. The van der Waals surface area contributed by atoms with E-state index in [4.69, 9.17) is 14.6 Å². The van der Waals surface area contributed by atoms with Gasteiger partial charge in [-0.25, -0.2) is 0 Å². The van der Waals surface area contributed by atoms with E-state index < -0.39 is 0 Å². The van der Waals surface area contributed by atoms with Gasteiger partial charge in [-0.3, -0.25) is 0 Å². The Hall–Kier alpha value is -3.08. The second-order valence-corrected chi connectivity index (χ2v) is 6.31. The molecule has 1 atom stereocenters. The predicted octanol–water partition coefficient (Wildman–Crippen LogP) is 4.51. The van der Waals surface area contributed by atoms with Crippen molar-refractivity contribution in [1.29, 1.82) is 0 Å². The van der Waals surface area contributed by atoms with Crippen molar-refractivity contribution in [2.75, 3.05) is 7.11 Å². The smallest absolute Gasteiger partial charge is 0.276 e. The van der Waals surface area contributed by atoms with Crippen molar-refractivity contribution in [3.05, 3.63) is 54.6 Å². The van der Waals surface area contributed by atoms with Gasteiger partial charge < -0.3 is 9.47 Å². The molecule has 5 heteroatoms. The molecule has 0 aliphatic rings. The van der Waals surface area contributed by atoms with E-state index in [1.54, 1.807) is 11.6 Å². The molecule has 0 radical (unpaired) electrons. The van der Waals surface area contributed by atoms with Crippen LogP contribution in [0.1, 0.15) is 20.3 Å². The summed E-state index contributed by atoms with van der Waals surface area (Å²) in [6.07, 6.45) is 1.06. The SMILES string of the molecule is CCC(C)Oc1ccc2cccc3[n-][n+](=Nc4ccc(OC)cc4)c1c23. The normalized spacial score (nSPS) is 13.4. The molecule has 3 aromatic carbocycles. The topological polar surface area (TPSA) is 50.8 Å². The fraction of sp³-hybridized carbons (Fsp3) is 0.238. The van der Waals surface area contributed by atoms with Crippen molar-refractivity contribution in [2.24, 2.45) is 5.11 Å². The zero-order chi connectivity index (χ0) is 18.1. The molecule has 132 valence electrons. The predicted molar refractivity (Wildman–Crippen MR) is 101 cm³/mol. The van der Waals surface area contributed by atoms with Crippen LogP contribution in [-0.4, -0.2) is 13.2 Å². The Kier molecular flexibility index (Phi) is 4.21. The number of rotatable bonds is 5. The molecule has 0 amide bonds. The second kappa shape index (κ2) is 6.67. The van der Waals surface area contributed by atoms with Crippen LogP contribution in [0.25, 0.3) is 21.8 Å². The van der Waals surface area contributed by atoms with Gasteiger partial charge >= 0.3 is 0 Å². The number of methoxy groups -OCH3 is 1. The molecule has 0 N–H and O–H groups in total. The van der Waals surface area contributed by atoms with Crippen LogP contribution in [0, 0.1) is 0 Å². The van der Waals surface area contributed by atoms with Gasteiger partial charge in [-0.1, -0.05) is 43.3 Å². The van der Waals surface area contributed by atoms with Crippen LogP contribution in [0.5, 0.6) is 11.5 Å². The van der Waals surface area contributed by atoms with Crippen molar-refractivity contribution >= 4 is 27.5 Å². The number of hydrogen-bond donors (Lipinski definition) is 0. The van der Waals surface area contributed by atoms with Gasteiger partial charge in [0.25, 0.3) is 5.52 Å². The van der Waals surface area contributed by atoms with Crippen LogP contribution >= 0.6 is 0 Å². The van der Waals surface area contributed by atoms with Crippen molar-refractivity contribution in [3.8, 4) is 11.5 Å². The van der Waals surface area contributed by atoms with Gasteiger partial charge in [0, 0.05) is 11.2 Å². The first-order valence-corrected chi connectivity index (χ1v) is 8.79. The number of ether oxygens (including phenoxy) is 2. The molecule has 0 aliphatic carbocycles. The molecule has 1 aromatic heterocycles. The van der Waals surface area contributed by atoms with E-state index in [2.05, 4.69) is 31.1 Å². The van der Waals surface area contributed by atoms with Crippen molar-refractivity contribution < 1.29 is 14.0 Å². The highest BCUT2D eigenvalue weighted by molar-refractivity contribution is 6.07. The lowest BCUT2D eigenvalue weighted by Gasteiger charge is -2.11. The summed E-state index contributed by atoms with van der Waals surface area (Å²) in [6.45, 7) is 4.18. The molecule has 4 rings (SSSR count). The molecule has 0 saturated heterocycles. The quantitative estimate of drug-likeness (QED) is 0.499. The first-order valence-electron chi connectivity index (χ1n) is 8.79. The standard InChI is InChI=1S/C21H21N3O2/c1-4-14(2)26-19-13-8-15-6-5-7-18-20(15)21(19)24(23-18)22-16-9-11-17(25-3)12-10-16/h5-14H,4H2,1-3H3. The summed E-state index contributed by atoms with van der Waals surface area (Å²) < 4.78 is 13.0. The lowest BCUT2D eigenvalue weighted by Crippen LogP contribution is -2.21. The van der Waals surface area contributed by atoms with E-state index in [9.17, 15) is 0 Å². The monoisotopic (exact) mass is 347 g/mol. The third-order valence-electron chi connectivity index (χ3n) is 4.55. The summed E-state index contributed by atoms with van der Waals surface area (Å²) in [6, 6.07) is 17.8. The summed E-state index contributed by atoms with van der Waals surface area (Å²) >= 11 is 0. The highest BCUT2D eigenvalue weighted by Crippen LogP contribution is 2.31. The van der Waals surface area contributed by atoms with E-state index >= 15 is 0 Å². The van der Waals surface area contributed by atoms with Crippen LogP contribution in [0.2, 0.25) is 0 Å². The van der Waals surface area contributed by atoms with Crippen LogP contribution in [0.3, 0.4) is 0 Å². The Balaban J connectivity index is 1.95. The Labute approximate surface area is 151 Å². The molecule has 0 aliphatic heterocycles. The number of aromatic nitrogens is 2. The maximum absolute atomic E-state index is 6.15. The lowest BCUT2D eigenvalue weighted by molar-refractivity contribution is -0.581. The Morgan fingerprint density at radius 3 is 2.62 bits per heavy atom. The molecule has 0 spiro atoms. The minimum Gasteiger partial charge on any atom is -0.497 e. The fourth-order valence-electron chi connectivity index (χ4n) is 2.98. The van der Waals surface area contributed by atoms with Gasteiger partial charge in [0.1, 0.15) is 5.75 Å². The van der Waals surface area contributed by atoms with Gasteiger partial charge in [0.2, 0.25) is 0 Å². The molecule has 0 saturated carbocycles. The average molecular weight is 347 g/mol. The summed E-state index contributed by atoms with van der Waals surface area (Å²) in [4.78, 5) is 0. The van der Waals surface area contributed by atoms with E-state index in [1.165, 1.54) is 0 Å². The zero-order valence-electron chi connectivity index (χ0n) is 15.1. The lowest BCUT2D eigenvalue weighted by atomic mass is 10.1. The van der Waals surface area contributed by atoms with Crippen LogP contribution < -0.4 is 19.1 Å². The molecule has 1 heterocycles. The van der Waals surface area contributed by atoms with Crippen molar-refractivity contribution in [3.63, 3.8) is 0 Å². The van der Waals surface area contributed by atoms with E-state index in [1.807, 2.05) is 42.5 Å². The summed E-state index contributed by atoms with van der Waals surface area (Å²) in [7, 11) is 1.65. The maximum Gasteiger partial charge on any atom is 0.276 e. The fourth-order valence-corrected chi connectivity index (χ4v) is 2.98. The summed E-state index contributed by atoms with van der Waals surface area (Å²) in [5, 5.41) is 11.6. The first-order chi connectivity index (χ1) is 12.7. The third kappa shape index (κ3) is 2.86. The third-order valence-corrected chi connectivity index (χ3v) is 4.55. The average Bonchev–Trinajstić information content (AvgIpc) is 3.04. The van der Waals surface area contributed by atoms with E-state index in [0.717, 1.165) is 45.4 Å². The van der Waals surface area contributed by atoms with Gasteiger partial charge in [-0.15, -0.1) is 4.48 Å². The molecule has 5 nitrogen and oxygen atoms in total. The van der Waals surface area contributed by atoms with Crippen LogP contribution in [0.4, 0.5) is 5.69 Å². The largest absolute Gasteiger partial charge is 0.497 e. The molecule has 0 bridgehead atoms. The number of hydrogen-bond acceptors (Lipinski definition) is 3. The molecule has 4 aromatic rings. The Bertz CT molecular complexity index is 1100. The second-order valence-electron chi connectivity index (χ2n) is 6.31. The number of benzene rings is 3. The minimum atomic E-state index is 0.124.